The standard InChI is InChI=1S/C23H17F4N3O2/c1-32-16-7-8-17-18(12-28-20(17)11-16)13-2-5-15(6-3-13)29-22(31)30-21-10-14(23(25,26)27)4-9-19(21)24/h2-12,28H,1H3,(H2,29,30,31). The second-order valence-electron chi connectivity index (χ2n) is 6.96. The van der Waals surface area contributed by atoms with Gasteiger partial charge >= 0.3 is 12.2 Å². The normalized spacial score (nSPS) is 11.4. The Hall–Kier alpha value is -4.01. The number of H-pyrrole nitrogens is 1. The highest BCUT2D eigenvalue weighted by atomic mass is 19.4. The third kappa shape index (κ3) is 4.36. The van der Waals surface area contributed by atoms with Crippen LogP contribution in [-0.2, 0) is 6.18 Å². The number of urea groups is 1. The van der Waals surface area contributed by atoms with Crippen LogP contribution in [0, 0.1) is 5.82 Å². The minimum absolute atomic E-state index is 0.389. The van der Waals surface area contributed by atoms with Crippen molar-refractivity contribution in [2.75, 3.05) is 17.7 Å². The van der Waals surface area contributed by atoms with E-state index in [1.165, 1.54) is 0 Å². The van der Waals surface area contributed by atoms with Crippen molar-refractivity contribution in [1.29, 1.82) is 0 Å². The van der Waals surface area contributed by atoms with Crippen molar-refractivity contribution in [3.05, 3.63) is 78.2 Å². The van der Waals surface area contributed by atoms with Crippen molar-refractivity contribution >= 4 is 28.3 Å². The van der Waals surface area contributed by atoms with Crippen LogP contribution in [0.3, 0.4) is 0 Å². The van der Waals surface area contributed by atoms with Crippen LogP contribution in [0.25, 0.3) is 22.0 Å². The Morgan fingerprint density at radius 1 is 0.969 bits per heavy atom. The monoisotopic (exact) mass is 443 g/mol. The number of hydrogen-bond donors (Lipinski definition) is 3. The molecule has 0 saturated heterocycles. The van der Waals surface area contributed by atoms with Crippen LogP contribution in [0.2, 0.25) is 0 Å². The molecule has 3 N–H and O–H groups in total. The molecule has 9 heteroatoms. The van der Waals surface area contributed by atoms with Gasteiger partial charge in [0.05, 0.1) is 18.4 Å². The number of aromatic amines is 1. The van der Waals surface area contributed by atoms with Crippen LogP contribution in [0.4, 0.5) is 33.7 Å². The molecule has 0 spiro atoms. The summed E-state index contributed by atoms with van der Waals surface area (Å²) in [5, 5.41) is 5.57. The van der Waals surface area contributed by atoms with Crippen LogP contribution in [0.1, 0.15) is 5.56 Å². The van der Waals surface area contributed by atoms with E-state index in [1.54, 1.807) is 31.4 Å². The summed E-state index contributed by atoms with van der Waals surface area (Å²) in [4.78, 5) is 15.3. The highest BCUT2D eigenvalue weighted by molar-refractivity contribution is 6.00. The summed E-state index contributed by atoms with van der Waals surface area (Å²) in [6.45, 7) is 0. The fourth-order valence-electron chi connectivity index (χ4n) is 3.29. The molecule has 0 aliphatic rings. The SMILES string of the molecule is COc1ccc2c(-c3ccc(NC(=O)Nc4cc(C(F)(F)F)ccc4F)cc3)c[nH]c2c1. The molecule has 0 saturated carbocycles. The average Bonchev–Trinajstić information content (AvgIpc) is 3.18. The van der Waals surface area contributed by atoms with Crippen LogP contribution < -0.4 is 15.4 Å². The molecule has 0 fully saturated rings. The molecule has 0 bridgehead atoms. The molecule has 5 nitrogen and oxygen atoms in total. The quantitative estimate of drug-likeness (QED) is 0.309. The molecule has 1 heterocycles. The van der Waals surface area contributed by atoms with Crippen molar-refractivity contribution in [2.24, 2.45) is 0 Å². The second-order valence-corrected chi connectivity index (χ2v) is 6.96. The molecule has 2 amide bonds. The molecule has 0 atom stereocenters. The van der Waals surface area contributed by atoms with E-state index in [4.69, 9.17) is 4.74 Å². The Morgan fingerprint density at radius 2 is 1.72 bits per heavy atom. The summed E-state index contributed by atoms with van der Waals surface area (Å²) in [5.74, 6) is -0.242. The first-order valence-electron chi connectivity index (χ1n) is 9.45. The number of carbonyl (C=O) groups is 1. The highest BCUT2D eigenvalue weighted by Crippen LogP contribution is 2.33. The average molecular weight is 443 g/mol. The Balaban J connectivity index is 1.48. The first-order chi connectivity index (χ1) is 15.2. The maximum absolute atomic E-state index is 13.8. The highest BCUT2D eigenvalue weighted by Gasteiger charge is 2.31. The third-order valence-corrected chi connectivity index (χ3v) is 4.88. The summed E-state index contributed by atoms with van der Waals surface area (Å²) >= 11 is 0. The summed E-state index contributed by atoms with van der Waals surface area (Å²) in [6, 6.07) is 13.5. The zero-order valence-corrected chi connectivity index (χ0v) is 16.7. The maximum Gasteiger partial charge on any atom is 0.416 e. The number of rotatable bonds is 4. The van der Waals surface area contributed by atoms with E-state index in [1.807, 2.05) is 24.4 Å². The van der Waals surface area contributed by atoms with Gasteiger partial charge in [-0.2, -0.15) is 13.2 Å². The van der Waals surface area contributed by atoms with Gasteiger partial charge in [-0.25, -0.2) is 9.18 Å². The summed E-state index contributed by atoms with van der Waals surface area (Å²) in [6.07, 6.45) is -2.79. The largest absolute Gasteiger partial charge is 0.497 e. The topological polar surface area (TPSA) is 66.2 Å². The van der Waals surface area contributed by atoms with E-state index in [-0.39, 0.29) is 0 Å². The molecule has 0 unspecified atom stereocenters. The van der Waals surface area contributed by atoms with Gasteiger partial charge in [-0.1, -0.05) is 12.1 Å². The number of fused-ring (bicyclic) bond motifs is 1. The van der Waals surface area contributed by atoms with Crippen LogP contribution in [0.15, 0.2) is 66.9 Å². The molecule has 0 radical (unpaired) electrons. The fourth-order valence-corrected chi connectivity index (χ4v) is 3.29. The summed E-state index contributed by atoms with van der Waals surface area (Å²) in [7, 11) is 1.59. The van der Waals surface area contributed by atoms with E-state index in [9.17, 15) is 22.4 Å². The second kappa shape index (κ2) is 8.26. The minimum Gasteiger partial charge on any atom is -0.497 e. The van der Waals surface area contributed by atoms with Gasteiger partial charge in [-0.05, 0) is 48.0 Å². The van der Waals surface area contributed by atoms with Crippen LogP contribution in [-0.4, -0.2) is 18.1 Å². The molecule has 1 aromatic heterocycles. The molecule has 3 aromatic carbocycles. The lowest BCUT2D eigenvalue weighted by Gasteiger charge is -2.12. The van der Waals surface area contributed by atoms with Gasteiger partial charge in [-0.3, -0.25) is 0 Å². The van der Waals surface area contributed by atoms with E-state index in [2.05, 4.69) is 15.6 Å². The number of halogens is 4. The van der Waals surface area contributed by atoms with Gasteiger partial charge in [0.15, 0.2) is 0 Å². The molecule has 32 heavy (non-hydrogen) atoms. The van der Waals surface area contributed by atoms with Gasteiger partial charge < -0.3 is 20.4 Å². The molecule has 164 valence electrons. The molecule has 0 aliphatic heterocycles. The van der Waals surface area contributed by atoms with Gasteiger partial charge in [0.2, 0.25) is 0 Å². The van der Waals surface area contributed by atoms with Gasteiger partial charge in [0, 0.05) is 34.4 Å². The van der Waals surface area contributed by atoms with Crippen molar-refractivity contribution in [3.8, 4) is 16.9 Å². The zero-order valence-electron chi connectivity index (χ0n) is 16.7. The van der Waals surface area contributed by atoms with E-state index >= 15 is 0 Å². The number of carbonyl (C=O) groups excluding carboxylic acids is 1. The number of hydrogen-bond acceptors (Lipinski definition) is 2. The number of ether oxygens (including phenoxy) is 1. The lowest BCUT2D eigenvalue weighted by molar-refractivity contribution is -0.137. The first-order valence-corrected chi connectivity index (χ1v) is 9.45. The molecular weight excluding hydrogens is 426 g/mol. The molecular formula is C23H17F4N3O2. The zero-order chi connectivity index (χ0) is 22.9. The minimum atomic E-state index is -4.65. The number of nitrogens with one attached hydrogen (secondary N) is 3. The number of amides is 2. The number of alkyl halides is 3. The predicted octanol–water partition coefficient (Wildman–Crippen LogP) is 6.65. The Bertz CT molecular complexity index is 1280. The van der Waals surface area contributed by atoms with Crippen molar-refractivity contribution in [2.45, 2.75) is 6.18 Å². The Kier molecular flexibility index (Phi) is 5.48. The van der Waals surface area contributed by atoms with Gasteiger partial charge in [-0.15, -0.1) is 0 Å². The summed E-state index contributed by atoms with van der Waals surface area (Å²) < 4.78 is 57.5. The van der Waals surface area contributed by atoms with E-state index in [0.29, 0.717) is 23.9 Å². The van der Waals surface area contributed by atoms with E-state index < -0.39 is 29.3 Å². The van der Waals surface area contributed by atoms with E-state index in [0.717, 1.165) is 27.8 Å². The Morgan fingerprint density at radius 3 is 2.41 bits per heavy atom. The lowest BCUT2D eigenvalue weighted by Crippen LogP contribution is -2.20. The smallest absolute Gasteiger partial charge is 0.416 e. The molecule has 0 aliphatic carbocycles. The van der Waals surface area contributed by atoms with Crippen molar-refractivity contribution in [1.82, 2.24) is 4.98 Å². The van der Waals surface area contributed by atoms with Crippen LogP contribution in [0.5, 0.6) is 5.75 Å². The molecule has 4 aromatic rings. The first kappa shape index (κ1) is 21.2. The van der Waals surface area contributed by atoms with Crippen molar-refractivity contribution in [3.63, 3.8) is 0 Å². The number of anilines is 2. The predicted molar refractivity (Wildman–Crippen MR) is 114 cm³/mol. The maximum atomic E-state index is 13.8. The van der Waals surface area contributed by atoms with Crippen LogP contribution >= 0.6 is 0 Å². The van der Waals surface area contributed by atoms with Gasteiger partial charge in [0.25, 0.3) is 0 Å². The number of methoxy groups -OCH3 is 1. The fraction of sp³-hybridized carbons (Fsp3) is 0.0870. The van der Waals surface area contributed by atoms with Gasteiger partial charge in [0.1, 0.15) is 11.6 Å². The molecule has 4 rings (SSSR count). The summed E-state index contributed by atoms with van der Waals surface area (Å²) in [5.41, 5.74) is 1.50. The number of benzene rings is 3. The van der Waals surface area contributed by atoms with Crippen molar-refractivity contribution < 1.29 is 27.1 Å². The lowest BCUT2D eigenvalue weighted by atomic mass is 10.0. The Labute approximate surface area is 180 Å². The number of aromatic nitrogens is 1. The third-order valence-electron chi connectivity index (χ3n) is 4.88.